The van der Waals surface area contributed by atoms with Crippen LogP contribution in [0.25, 0.3) is 11.3 Å². The van der Waals surface area contributed by atoms with Crippen molar-refractivity contribution in [2.24, 2.45) is 11.3 Å². The van der Waals surface area contributed by atoms with Gasteiger partial charge in [0.2, 0.25) is 0 Å². The number of nitrogens with one attached hydrogen (secondary N) is 1. The first-order chi connectivity index (χ1) is 14.7. The first-order valence-corrected chi connectivity index (χ1v) is 11.0. The molecule has 3 fully saturated rings. The average molecular weight is 403 g/mol. The zero-order chi connectivity index (χ0) is 20.1. The molecule has 154 valence electrons. The fourth-order valence-corrected chi connectivity index (χ4v) is 5.31. The van der Waals surface area contributed by atoms with Crippen LogP contribution in [0.3, 0.4) is 0 Å². The van der Waals surface area contributed by atoms with Crippen molar-refractivity contribution in [1.29, 1.82) is 0 Å². The molecular formula is C23H26N6O. The topological polar surface area (TPSA) is 79.7 Å². The van der Waals surface area contributed by atoms with E-state index in [4.69, 9.17) is 0 Å². The molecule has 2 saturated carbocycles. The lowest BCUT2D eigenvalue weighted by Gasteiger charge is -2.42. The molecule has 30 heavy (non-hydrogen) atoms. The van der Waals surface area contributed by atoms with E-state index in [-0.39, 0.29) is 17.2 Å². The van der Waals surface area contributed by atoms with Gasteiger partial charge < -0.3 is 9.47 Å². The lowest BCUT2D eigenvalue weighted by atomic mass is 9.62. The fraction of sp³-hybridized carbons (Fsp3) is 0.478. The monoisotopic (exact) mass is 402 g/mol. The Balaban J connectivity index is 1.29. The molecule has 3 heterocycles. The third-order valence-electron chi connectivity index (χ3n) is 7.33. The minimum Gasteiger partial charge on any atom is -0.337 e. The van der Waals surface area contributed by atoms with Gasteiger partial charge in [0.05, 0.1) is 17.5 Å². The number of carbonyl (C=O) groups is 1. The van der Waals surface area contributed by atoms with Gasteiger partial charge in [0.1, 0.15) is 12.2 Å². The number of benzene rings is 1. The molecule has 2 aromatic heterocycles. The highest BCUT2D eigenvalue weighted by Crippen LogP contribution is 2.55. The van der Waals surface area contributed by atoms with Crippen molar-refractivity contribution < 1.29 is 4.79 Å². The van der Waals surface area contributed by atoms with Crippen molar-refractivity contribution in [3.8, 4) is 11.3 Å². The maximum Gasteiger partial charge on any atom is 0.257 e. The smallest absolute Gasteiger partial charge is 0.257 e. The van der Waals surface area contributed by atoms with E-state index >= 15 is 0 Å². The summed E-state index contributed by atoms with van der Waals surface area (Å²) in [4.78, 5) is 15.6. The SMILES string of the molecule is O=C(c1cn[nH]c1-c1ccccc1)N1CC(c2nncn2CC2CC2)C2(CCC2)C1. The van der Waals surface area contributed by atoms with Gasteiger partial charge in [0, 0.05) is 31.1 Å². The molecule has 0 radical (unpaired) electrons. The minimum atomic E-state index is 0.0598. The van der Waals surface area contributed by atoms with Gasteiger partial charge in [-0.1, -0.05) is 36.8 Å². The molecule has 1 spiro atoms. The number of hydrogen-bond donors (Lipinski definition) is 1. The van der Waals surface area contributed by atoms with Gasteiger partial charge in [-0.3, -0.25) is 9.89 Å². The number of likely N-dealkylation sites (tertiary alicyclic amines) is 1. The number of hydrogen-bond acceptors (Lipinski definition) is 4. The lowest BCUT2D eigenvalue weighted by molar-refractivity contribution is 0.0724. The van der Waals surface area contributed by atoms with Gasteiger partial charge in [0.15, 0.2) is 0 Å². The third kappa shape index (κ3) is 2.87. The molecule has 1 aromatic carbocycles. The molecule has 0 bridgehead atoms. The standard InChI is InChI=1S/C23H26N6O/c30-22(18-11-24-26-20(18)17-5-2-1-3-6-17)28-13-19(23(14-28)9-4-10-23)21-27-25-15-29(21)12-16-7-8-16/h1-3,5-6,11,15-16,19H,4,7-10,12-14H2,(H,24,26). The van der Waals surface area contributed by atoms with E-state index in [0.717, 1.165) is 48.9 Å². The summed E-state index contributed by atoms with van der Waals surface area (Å²) in [7, 11) is 0. The van der Waals surface area contributed by atoms with Crippen molar-refractivity contribution >= 4 is 5.91 Å². The number of nitrogens with zero attached hydrogens (tertiary/aromatic N) is 5. The molecule has 1 N–H and O–H groups in total. The average Bonchev–Trinajstić information content (AvgIpc) is 3.13. The Labute approximate surface area is 175 Å². The quantitative estimate of drug-likeness (QED) is 0.708. The Morgan fingerprint density at radius 2 is 2.03 bits per heavy atom. The van der Waals surface area contributed by atoms with Crippen LogP contribution in [-0.4, -0.2) is 48.9 Å². The van der Waals surface area contributed by atoms with Crippen molar-refractivity contribution in [2.75, 3.05) is 13.1 Å². The van der Waals surface area contributed by atoms with E-state index in [1.54, 1.807) is 6.20 Å². The Hall–Kier alpha value is -2.96. The third-order valence-corrected chi connectivity index (χ3v) is 7.33. The Kier molecular flexibility index (Phi) is 4.04. The van der Waals surface area contributed by atoms with Gasteiger partial charge in [-0.25, -0.2) is 0 Å². The summed E-state index contributed by atoms with van der Waals surface area (Å²) >= 11 is 0. The molecule has 1 unspecified atom stereocenters. The summed E-state index contributed by atoms with van der Waals surface area (Å²) in [5.74, 6) is 2.18. The molecule has 7 heteroatoms. The zero-order valence-electron chi connectivity index (χ0n) is 17.0. The van der Waals surface area contributed by atoms with Crippen LogP contribution in [0, 0.1) is 11.3 Å². The van der Waals surface area contributed by atoms with Crippen LogP contribution in [0.1, 0.15) is 54.2 Å². The number of amides is 1. The molecule has 1 aliphatic heterocycles. The van der Waals surface area contributed by atoms with Crippen molar-refractivity contribution in [3.05, 3.63) is 54.2 Å². The summed E-state index contributed by atoms with van der Waals surface area (Å²) in [5, 5.41) is 16.0. The van der Waals surface area contributed by atoms with Crippen molar-refractivity contribution in [3.63, 3.8) is 0 Å². The molecule has 3 aliphatic rings. The molecule has 3 aromatic rings. The largest absolute Gasteiger partial charge is 0.337 e. The Morgan fingerprint density at radius 1 is 1.20 bits per heavy atom. The second-order valence-corrected chi connectivity index (χ2v) is 9.26. The summed E-state index contributed by atoms with van der Waals surface area (Å²) in [6.07, 6.45) is 9.72. The second kappa shape index (κ2) is 6.79. The van der Waals surface area contributed by atoms with Crippen LogP contribution >= 0.6 is 0 Å². The highest BCUT2D eigenvalue weighted by molar-refractivity contribution is 6.00. The van der Waals surface area contributed by atoms with Gasteiger partial charge in [-0.05, 0) is 37.0 Å². The fourth-order valence-electron chi connectivity index (χ4n) is 5.31. The summed E-state index contributed by atoms with van der Waals surface area (Å²) in [6, 6.07) is 9.94. The zero-order valence-corrected chi connectivity index (χ0v) is 17.0. The van der Waals surface area contributed by atoms with E-state index in [1.807, 2.05) is 41.6 Å². The van der Waals surface area contributed by atoms with Crippen LogP contribution in [0.5, 0.6) is 0 Å². The summed E-state index contributed by atoms with van der Waals surface area (Å²) in [6.45, 7) is 2.52. The van der Waals surface area contributed by atoms with Crippen LogP contribution in [0.15, 0.2) is 42.9 Å². The number of aromatic amines is 1. The highest BCUT2D eigenvalue weighted by Gasteiger charge is 2.54. The maximum atomic E-state index is 13.5. The predicted octanol–water partition coefficient (Wildman–Crippen LogP) is 3.49. The van der Waals surface area contributed by atoms with Crippen molar-refractivity contribution in [1.82, 2.24) is 29.9 Å². The molecule has 7 nitrogen and oxygen atoms in total. The van der Waals surface area contributed by atoms with Gasteiger partial charge >= 0.3 is 0 Å². The van der Waals surface area contributed by atoms with E-state index in [2.05, 4.69) is 25.0 Å². The first-order valence-electron chi connectivity index (χ1n) is 11.0. The van der Waals surface area contributed by atoms with E-state index in [0.29, 0.717) is 12.1 Å². The maximum absolute atomic E-state index is 13.5. The molecule has 6 rings (SSSR count). The van der Waals surface area contributed by atoms with Gasteiger partial charge in [-0.15, -0.1) is 10.2 Å². The minimum absolute atomic E-state index is 0.0598. The number of carbonyl (C=O) groups excluding carboxylic acids is 1. The Morgan fingerprint density at radius 3 is 2.77 bits per heavy atom. The first kappa shape index (κ1) is 17.9. The molecule has 1 atom stereocenters. The van der Waals surface area contributed by atoms with Crippen molar-refractivity contribution in [2.45, 2.75) is 44.6 Å². The van der Waals surface area contributed by atoms with E-state index in [9.17, 15) is 4.79 Å². The predicted molar refractivity (Wildman–Crippen MR) is 112 cm³/mol. The summed E-state index contributed by atoms with van der Waals surface area (Å²) in [5.41, 5.74) is 2.58. The highest BCUT2D eigenvalue weighted by atomic mass is 16.2. The lowest BCUT2D eigenvalue weighted by Crippen LogP contribution is -2.38. The number of rotatable bonds is 5. The molecule has 2 aliphatic carbocycles. The molecular weight excluding hydrogens is 376 g/mol. The van der Waals surface area contributed by atoms with Crippen LogP contribution in [0.2, 0.25) is 0 Å². The van der Waals surface area contributed by atoms with Crippen LogP contribution < -0.4 is 0 Å². The Bertz CT molecular complexity index is 1060. The van der Waals surface area contributed by atoms with E-state index < -0.39 is 0 Å². The molecule has 1 amide bonds. The number of H-pyrrole nitrogens is 1. The van der Waals surface area contributed by atoms with Crippen LogP contribution in [0.4, 0.5) is 0 Å². The second-order valence-electron chi connectivity index (χ2n) is 9.26. The van der Waals surface area contributed by atoms with Crippen LogP contribution in [-0.2, 0) is 6.54 Å². The number of aromatic nitrogens is 5. The van der Waals surface area contributed by atoms with Gasteiger partial charge in [0.25, 0.3) is 5.91 Å². The van der Waals surface area contributed by atoms with Gasteiger partial charge in [-0.2, -0.15) is 5.10 Å². The summed E-state index contributed by atoms with van der Waals surface area (Å²) < 4.78 is 2.25. The molecule has 1 saturated heterocycles. The normalized spacial score (nSPS) is 22.4. The van der Waals surface area contributed by atoms with E-state index in [1.165, 1.54) is 19.3 Å².